The number of nitrogens with zero attached hydrogens (tertiary/aromatic N) is 2. The van der Waals surface area contributed by atoms with Crippen LogP contribution in [0.25, 0.3) is 0 Å². The van der Waals surface area contributed by atoms with Crippen LogP contribution in [0.1, 0.15) is 37.7 Å². The van der Waals surface area contributed by atoms with Crippen LogP contribution in [-0.2, 0) is 11.3 Å². The highest BCUT2D eigenvalue weighted by atomic mass is 79.9. The molecule has 0 radical (unpaired) electrons. The van der Waals surface area contributed by atoms with E-state index in [4.69, 9.17) is 0 Å². The molecule has 0 unspecified atom stereocenters. The maximum absolute atomic E-state index is 12.7. The Labute approximate surface area is 141 Å². The van der Waals surface area contributed by atoms with Gasteiger partial charge in [0.05, 0.1) is 5.92 Å². The van der Waals surface area contributed by atoms with E-state index in [1.54, 1.807) is 0 Å². The Bertz CT molecular complexity index is 514. The summed E-state index contributed by atoms with van der Waals surface area (Å²) in [7, 11) is 0. The van der Waals surface area contributed by atoms with E-state index in [2.05, 4.69) is 43.9 Å². The highest BCUT2D eigenvalue weighted by molar-refractivity contribution is 9.10. The average molecular weight is 365 g/mol. The minimum Gasteiger partial charge on any atom is -0.342 e. The van der Waals surface area contributed by atoms with E-state index < -0.39 is 0 Å². The van der Waals surface area contributed by atoms with Gasteiger partial charge < -0.3 is 4.90 Å². The maximum atomic E-state index is 12.7. The Hall–Kier alpha value is -0.870. The van der Waals surface area contributed by atoms with Gasteiger partial charge in [0.2, 0.25) is 5.91 Å². The number of likely N-dealkylation sites (tertiary alicyclic amines) is 2. The Morgan fingerprint density at radius 1 is 1.09 bits per heavy atom. The highest BCUT2D eigenvalue weighted by Crippen LogP contribution is 2.24. The highest BCUT2D eigenvalue weighted by Gasteiger charge is 2.29. The van der Waals surface area contributed by atoms with Gasteiger partial charge in [-0.2, -0.15) is 0 Å². The number of carbonyl (C=O) groups excluding carboxylic acids is 1. The molecule has 0 spiro atoms. The number of amides is 1. The zero-order chi connectivity index (χ0) is 15.4. The van der Waals surface area contributed by atoms with Crippen molar-refractivity contribution < 1.29 is 4.79 Å². The molecule has 2 heterocycles. The summed E-state index contributed by atoms with van der Waals surface area (Å²) < 4.78 is 1.17. The molecule has 2 saturated heterocycles. The first-order valence-corrected chi connectivity index (χ1v) is 9.28. The molecule has 0 N–H and O–H groups in total. The third-order valence-electron chi connectivity index (χ3n) is 4.87. The van der Waals surface area contributed by atoms with E-state index in [0.717, 1.165) is 45.6 Å². The van der Waals surface area contributed by atoms with E-state index in [1.165, 1.54) is 29.3 Å². The summed E-state index contributed by atoms with van der Waals surface area (Å²) in [6, 6.07) is 8.39. The molecular weight excluding hydrogens is 340 g/mol. The van der Waals surface area contributed by atoms with Crippen LogP contribution in [0.3, 0.4) is 0 Å². The Morgan fingerprint density at radius 3 is 2.64 bits per heavy atom. The van der Waals surface area contributed by atoms with Gasteiger partial charge in [0, 0.05) is 30.7 Å². The van der Waals surface area contributed by atoms with Crippen LogP contribution in [0.5, 0.6) is 0 Å². The number of halogens is 1. The van der Waals surface area contributed by atoms with Gasteiger partial charge in [-0.3, -0.25) is 9.69 Å². The molecule has 2 fully saturated rings. The summed E-state index contributed by atoms with van der Waals surface area (Å²) in [4.78, 5) is 17.3. The van der Waals surface area contributed by atoms with Gasteiger partial charge in [-0.15, -0.1) is 0 Å². The summed E-state index contributed by atoms with van der Waals surface area (Å²) in [6.45, 7) is 4.89. The molecule has 3 nitrogen and oxygen atoms in total. The SMILES string of the molecule is O=C([C@H]1CCCN(Cc2ccccc2Br)C1)N1CCCCC1. The van der Waals surface area contributed by atoms with Gasteiger partial charge in [0.1, 0.15) is 0 Å². The molecule has 120 valence electrons. The first-order valence-electron chi connectivity index (χ1n) is 8.48. The zero-order valence-corrected chi connectivity index (χ0v) is 14.7. The normalized spacial score (nSPS) is 23.5. The molecule has 2 aliphatic heterocycles. The fourth-order valence-corrected chi connectivity index (χ4v) is 4.05. The van der Waals surface area contributed by atoms with Crippen molar-refractivity contribution in [3.63, 3.8) is 0 Å². The predicted octanol–water partition coefficient (Wildman–Crippen LogP) is 3.67. The van der Waals surface area contributed by atoms with Crippen molar-refractivity contribution in [1.82, 2.24) is 9.80 Å². The summed E-state index contributed by atoms with van der Waals surface area (Å²) in [5.74, 6) is 0.603. The standard InChI is InChI=1S/C18H25BrN2O/c19-17-9-3-2-7-15(17)13-20-10-6-8-16(14-20)18(22)21-11-4-1-5-12-21/h2-3,7,9,16H,1,4-6,8,10-14H2/t16-/m0/s1. The van der Waals surface area contributed by atoms with E-state index in [9.17, 15) is 4.79 Å². The topological polar surface area (TPSA) is 23.6 Å². The molecule has 4 heteroatoms. The Morgan fingerprint density at radius 2 is 1.86 bits per heavy atom. The number of hydrogen-bond donors (Lipinski definition) is 0. The Kier molecular flexibility index (Phi) is 5.53. The van der Waals surface area contributed by atoms with Gasteiger partial charge in [-0.1, -0.05) is 34.1 Å². The van der Waals surface area contributed by atoms with Crippen molar-refractivity contribution in [2.45, 2.75) is 38.6 Å². The van der Waals surface area contributed by atoms with E-state index in [1.807, 2.05) is 6.07 Å². The number of piperidine rings is 2. The summed E-state index contributed by atoms with van der Waals surface area (Å²) in [5.41, 5.74) is 1.31. The molecule has 3 rings (SSSR count). The molecule has 0 bridgehead atoms. The second-order valence-corrected chi connectivity index (χ2v) is 7.41. The van der Waals surface area contributed by atoms with E-state index in [0.29, 0.717) is 5.91 Å². The fourth-order valence-electron chi connectivity index (χ4n) is 3.64. The van der Waals surface area contributed by atoms with Crippen LogP contribution in [0.4, 0.5) is 0 Å². The second-order valence-electron chi connectivity index (χ2n) is 6.55. The lowest BCUT2D eigenvalue weighted by Gasteiger charge is -2.36. The van der Waals surface area contributed by atoms with Crippen LogP contribution in [0.2, 0.25) is 0 Å². The van der Waals surface area contributed by atoms with Gasteiger partial charge in [-0.25, -0.2) is 0 Å². The quantitative estimate of drug-likeness (QED) is 0.816. The van der Waals surface area contributed by atoms with Crippen molar-refractivity contribution in [2.75, 3.05) is 26.2 Å². The average Bonchev–Trinajstić information content (AvgIpc) is 2.57. The van der Waals surface area contributed by atoms with Crippen LogP contribution in [0.15, 0.2) is 28.7 Å². The largest absolute Gasteiger partial charge is 0.342 e. The molecule has 0 aromatic heterocycles. The minimum atomic E-state index is 0.203. The van der Waals surface area contributed by atoms with Crippen molar-refractivity contribution in [1.29, 1.82) is 0 Å². The predicted molar refractivity (Wildman–Crippen MR) is 92.6 cm³/mol. The lowest BCUT2D eigenvalue weighted by atomic mass is 9.95. The van der Waals surface area contributed by atoms with Crippen LogP contribution in [-0.4, -0.2) is 41.9 Å². The molecule has 1 amide bonds. The van der Waals surface area contributed by atoms with Crippen LogP contribution in [0, 0.1) is 5.92 Å². The molecule has 2 aliphatic rings. The lowest BCUT2D eigenvalue weighted by Crippen LogP contribution is -2.46. The first-order chi connectivity index (χ1) is 10.7. The molecule has 0 saturated carbocycles. The number of hydrogen-bond acceptors (Lipinski definition) is 2. The van der Waals surface area contributed by atoms with Crippen molar-refractivity contribution in [3.05, 3.63) is 34.3 Å². The lowest BCUT2D eigenvalue weighted by molar-refractivity contribution is -0.138. The van der Waals surface area contributed by atoms with Gasteiger partial charge in [0.25, 0.3) is 0 Å². The molecule has 22 heavy (non-hydrogen) atoms. The maximum Gasteiger partial charge on any atom is 0.226 e. The number of benzene rings is 1. The molecule has 0 aliphatic carbocycles. The molecule has 1 aromatic carbocycles. The van der Waals surface area contributed by atoms with Crippen molar-refractivity contribution >= 4 is 21.8 Å². The van der Waals surface area contributed by atoms with Crippen LogP contribution >= 0.6 is 15.9 Å². The molecule has 1 atom stereocenters. The Balaban J connectivity index is 1.59. The second kappa shape index (κ2) is 7.60. The zero-order valence-electron chi connectivity index (χ0n) is 13.1. The summed E-state index contributed by atoms with van der Waals surface area (Å²) >= 11 is 3.63. The number of rotatable bonds is 3. The smallest absolute Gasteiger partial charge is 0.226 e. The van der Waals surface area contributed by atoms with E-state index in [-0.39, 0.29) is 5.92 Å². The van der Waals surface area contributed by atoms with Crippen LogP contribution < -0.4 is 0 Å². The van der Waals surface area contributed by atoms with E-state index >= 15 is 0 Å². The molecule has 1 aromatic rings. The minimum absolute atomic E-state index is 0.203. The monoisotopic (exact) mass is 364 g/mol. The third-order valence-corrected chi connectivity index (χ3v) is 5.65. The fraction of sp³-hybridized carbons (Fsp3) is 0.611. The van der Waals surface area contributed by atoms with Crippen molar-refractivity contribution in [2.24, 2.45) is 5.92 Å². The van der Waals surface area contributed by atoms with Crippen molar-refractivity contribution in [3.8, 4) is 0 Å². The van der Waals surface area contributed by atoms with Gasteiger partial charge >= 0.3 is 0 Å². The number of carbonyl (C=O) groups is 1. The van der Waals surface area contributed by atoms with Gasteiger partial charge in [0.15, 0.2) is 0 Å². The van der Waals surface area contributed by atoms with Gasteiger partial charge in [-0.05, 0) is 50.3 Å². The summed E-state index contributed by atoms with van der Waals surface area (Å²) in [5, 5.41) is 0. The first kappa shape index (κ1) is 16.0. The summed E-state index contributed by atoms with van der Waals surface area (Å²) in [6.07, 6.45) is 5.83. The molecular formula is C18H25BrN2O. The third kappa shape index (κ3) is 3.90.